The molecule has 0 aliphatic heterocycles. The minimum absolute atomic E-state index is 0.953. The molecule has 36 heavy (non-hydrogen) atoms. The van der Waals surface area contributed by atoms with Crippen molar-refractivity contribution in [3.05, 3.63) is 121 Å². The third-order valence-electron chi connectivity index (χ3n) is 7.33. The summed E-state index contributed by atoms with van der Waals surface area (Å²) in [6, 6.07) is 32.4. The zero-order valence-electron chi connectivity index (χ0n) is 19.9. The highest BCUT2D eigenvalue weighted by Gasteiger charge is 2.24. The maximum atomic E-state index is 5.08. The van der Waals surface area contributed by atoms with Crippen LogP contribution in [0.4, 0.5) is 0 Å². The van der Waals surface area contributed by atoms with Gasteiger partial charge >= 0.3 is 0 Å². The number of aromatic nitrogens is 2. The standard InChI is InChI=1S/C33H23N3/c1-21-24(17-18-34-2)29-20-35-33(27-13-8-12-25(21)32(27)29)36-30-14-7-6-11-26(30)28-19-23(15-16-31(28)36)22-9-4-3-5-10-22/h3-20H,2H2,1H3/b18-17-. The lowest BCUT2D eigenvalue weighted by Crippen LogP contribution is -2.00. The minimum Gasteiger partial charge on any atom is -0.293 e. The molecule has 0 unspecified atom stereocenters. The molecule has 170 valence electrons. The second-order valence-corrected chi connectivity index (χ2v) is 9.21. The number of pyridine rings is 1. The lowest BCUT2D eigenvalue weighted by atomic mass is 10.0. The van der Waals surface area contributed by atoms with E-state index in [9.17, 15) is 0 Å². The summed E-state index contributed by atoms with van der Waals surface area (Å²) in [6.45, 7) is 5.77. The molecule has 0 spiro atoms. The van der Waals surface area contributed by atoms with Gasteiger partial charge < -0.3 is 0 Å². The van der Waals surface area contributed by atoms with E-state index in [4.69, 9.17) is 4.98 Å². The summed E-state index contributed by atoms with van der Waals surface area (Å²) in [7, 11) is 0. The number of allylic oxidation sites excluding steroid dienone is 3. The molecule has 2 aromatic heterocycles. The second-order valence-electron chi connectivity index (χ2n) is 9.21. The van der Waals surface area contributed by atoms with Crippen molar-refractivity contribution in [2.75, 3.05) is 0 Å². The van der Waals surface area contributed by atoms with Crippen LogP contribution in [-0.4, -0.2) is 16.3 Å². The van der Waals surface area contributed by atoms with Crippen LogP contribution in [0.2, 0.25) is 0 Å². The molecule has 1 aliphatic carbocycles. The van der Waals surface area contributed by atoms with Crippen LogP contribution in [0.1, 0.15) is 18.1 Å². The van der Waals surface area contributed by atoms with E-state index in [1.807, 2.05) is 12.3 Å². The van der Waals surface area contributed by atoms with E-state index in [1.54, 1.807) is 6.20 Å². The average molecular weight is 462 g/mol. The number of hydrogen-bond donors (Lipinski definition) is 0. The van der Waals surface area contributed by atoms with Crippen LogP contribution in [-0.2, 0) is 0 Å². The molecule has 0 fully saturated rings. The van der Waals surface area contributed by atoms with Crippen LogP contribution < -0.4 is 0 Å². The first-order chi connectivity index (χ1) is 17.8. The third-order valence-corrected chi connectivity index (χ3v) is 7.33. The second kappa shape index (κ2) is 7.89. The first kappa shape index (κ1) is 20.6. The van der Waals surface area contributed by atoms with Gasteiger partial charge in [-0.25, -0.2) is 4.98 Å². The van der Waals surface area contributed by atoms with Crippen LogP contribution in [0, 0.1) is 0 Å². The first-order valence-corrected chi connectivity index (χ1v) is 12.1. The largest absolute Gasteiger partial charge is 0.293 e. The molecule has 1 aliphatic rings. The predicted molar refractivity (Wildman–Crippen MR) is 153 cm³/mol. The fraction of sp³-hybridized carbons (Fsp3) is 0.0303. The summed E-state index contributed by atoms with van der Waals surface area (Å²) in [5, 5.41) is 4.85. The van der Waals surface area contributed by atoms with Crippen LogP contribution in [0.3, 0.4) is 0 Å². The number of para-hydroxylation sites is 1. The quantitative estimate of drug-likeness (QED) is 0.242. The molecule has 3 heteroatoms. The predicted octanol–water partition coefficient (Wildman–Crippen LogP) is 8.46. The van der Waals surface area contributed by atoms with Crippen molar-refractivity contribution in [2.24, 2.45) is 4.99 Å². The van der Waals surface area contributed by atoms with Gasteiger partial charge in [-0.15, -0.1) is 0 Å². The number of fused-ring (bicyclic) bond motifs is 3. The van der Waals surface area contributed by atoms with Gasteiger partial charge in [-0.1, -0.05) is 72.8 Å². The zero-order chi connectivity index (χ0) is 24.2. The number of nitrogens with zero attached hydrogens (tertiary/aromatic N) is 3. The summed E-state index contributed by atoms with van der Waals surface area (Å²) in [6.07, 6.45) is 5.80. The monoisotopic (exact) mass is 461 g/mol. The molecule has 3 nitrogen and oxygen atoms in total. The Labute approximate surface area is 209 Å². The van der Waals surface area contributed by atoms with E-state index in [2.05, 4.69) is 114 Å². The molecule has 0 amide bonds. The molecule has 0 radical (unpaired) electrons. The topological polar surface area (TPSA) is 30.2 Å². The molecule has 2 heterocycles. The van der Waals surface area contributed by atoms with Gasteiger partial charge in [0.05, 0.1) is 11.0 Å². The van der Waals surface area contributed by atoms with Crippen molar-refractivity contribution < 1.29 is 0 Å². The number of hydrogen-bond acceptors (Lipinski definition) is 2. The molecule has 6 aromatic rings. The highest BCUT2D eigenvalue weighted by molar-refractivity contribution is 6.18. The summed E-state index contributed by atoms with van der Waals surface area (Å²) < 4.78 is 2.32. The number of aliphatic imine (C=N–C) groups is 1. The fourth-order valence-electron chi connectivity index (χ4n) is 5.68. The van der Waals surface area contributed by atoms with Gasteiger partial charge in [0.25, 0.3) is 0 Å². The van der Waals surface area contributed by atoms with Crippen molar-refractivity contribution in [3.8, 4) is 16.9 Å². The Bertz CT molecular complexity index is 1900. The summed E-state index contributed by atoms with van der Waals surface area (Å²) in [5.74, 6) is 0.953. The Hall–Kier alpha value is -4.76. The molecular weight excluding hydrogens is 438 g/mol. The van der Waals surface area contributed by atoms with E-state index in [1.165, 1.54) is 38.4 Å². The van der Waals surface area contributed by atoms with Gasteiger partial charge in [-0.2, -0.15) is 0 Å². The minimum atomic E-state index is 0.953. The number of benzene rings is 4. The summed E-state index contributed by atoms with van der Waals surface area (Å²) in [4.78, 5) is 9.00. The maximum absolute atomic E-state index is 5.08. The van der Waals surface area contributed by atoms with Crippen molar-refractivity contribution >= 4 is 50.4 Å². The van der Waals surface area contributed by atoms with Crippen LogP contribution in [0.25, 0.3) is 60.7 Å². The van der Waals surface area contributed by atoms with E-state index in [-0.39, 0.29) is 0 Å². The van der Waals surface area contributed by atoms with Gasteiger partial charge in [-0.3, -0.25) is 9.56 Å². The summed E-state index contributed by atoms with van der Waals surface area (Å²) in [5.41, 5.74) is 9.54. The van der Waals surface area contributed by atoms with Gasteiger partial charge in [0.1, 0.15) is 5.82 Å². The normalized spacial score (nSPS) is 13.0. The molecule has 0 bridgehead atoms. The lowest BCUT2D eigenvalue weighted by molar-refractivity contribution is 1.10. The lowest BCUT2D eigenvalue weighted by Gasteiger charge is -2.12. The van der Waals surface area contributed by atoms with Crippen molar-refractivity contribution in [3.63, 3.8) is 0 Å². The maximum Gasteiger partial charge on any atom is 0.145 e. The third kappa shape index (κ3) is 2.86. The Morgan fingerprint density at radius 2 is 1.53 bits per heavy atom. The SMILES string of the molecule is C=N/C=C\C1=C(C)c2cccc3c(-n4c5ccccc5c5cc(-c6ccccc6)ccc54)ncc1c23. The number of rotatable bonds is 4. The molecule has 0 saturated carbocycles. The van der Waals surface area contributed by atoms with Crippen LogP contribution in [0.5, 0.6) is 0 Å². The molecular formula is C33H23N3. The summed E-state index contributed by atoms with van der Waals surface area (Å²) >= 11 is 0. The van der Waals surface area contributed by atoms with Gasteiger partial charge in [-0.05, 0) is 65.8 Å². The molecule has 7 rings (SSSR count). The van der Waals surface area contributed by atoms with E-state index in [0.717, 1.165) is 33.4 Å². The van der Waals surface area contributed by atoms with Crippen molar-refractivity contribution in [2.45, 2.75) is 6.92 Å². The molecule has 4 aromatic carbocycles. The highest BCUT2D eigenvalue weighted by atomic mass is 15.1. The van der Waals surface area contributed by atoms with Crippen molar-refractivity contribution in [1.29, 1.82) is 0 Å². The van der Waals surface area contributed by atoms with Crippen molar-refractivity contribution in [1.82, 2.24) is 9.55 Å². The average Bonchev–Trinajstić information content (AvgIpc) is 3.41. The smallest absolute Gasteiger partial charge is 0.145 e. The van der Waals surface area contributed by atoms with Crippen LogP contribution >= 0.6 is 0 Å². The highest BCUT2D eigenvalue weighted by Crippen LogP contribution is 2.44. The zero-order valence-corrected chi connectivity index (χ0v) is 19.9. The molecule has 0 N–H and O–H groups in total. The van der Waals surface area contributed by atoms with Gasteiger partial charge in [0.2, 0.25) is 0 Å². The van der Waals surface area contributed by atoms with E-state index >= 15 is 0 Å². The van der Waals surface area contributed by atoms with E-state index in [0.29, 0.717) is 0 Å². The Kier molecular flexibility index (Phi) is 4.52. The van der Waals surface area contributed by atoms with E-state index < -0.39 is 0 Å². The Balaban J connectivity index is 1.53. The fourth-order valence-corrected chi connectivity index (χ4v) is 5.68. The van der Waals surface area contributed by atoms with Gasteiger partial charge in [0, 0.05) is 39.5 Å². The Morgan fingerprint density at radius 1 is 0.750 bits per heavy atom. The van der Waals surface area contributed by atoms with Crippen LogP contribution in [0.15, 0.2) is 114 Å². The Morgan fingerprint density at radius 3 is 2.39 bits per heavy atom. The molecule has 0 saturated heterocycles. The van der Waals surface area contributed by atoms with Gasteiger partial charge in [0.15, 0.2) is 0 Å². The molecule has 0 atom stereocenters. The first-order valence-electron chi connectivity index (χ1n) is 12.1.